The SMILES string of the molecule is CCCC(CCC1CO1)[N+](=O)[O-]. The molecule has 0 aromatic rings. The predicted molar refractivity (Wildman–Crippen MR) is 44.7 cm³/mol. The van der Waals surface area contributed by atoms with Crippen molar-refractivity contribution in [2.24, 2.45) is 0 Å². The van der Waals surface area contributed by atoms with Crippen LogP contribution in [0.25, 0.3) is 0 Å². The van der Waals surface area contributed by atoms with Gasteiger partial charge in [-0.05, 0) is 12.8 Å². The van der Waals surface area contributed by atoms with Crippen LogP contribution in [0.2, 0.25) is 0 Å². The van der Waals surface area contributed by atoms with Crippen LogP contribution in [-0.4, -0.2) is 23.7 Å². The monoisotopic (exact) mass is 173 g/mol. The summed E-state index contributed by atoms with van der Waals surface area (Å²) < 4.78 is 4.99. The number of nitrogens with zero attached hydrogens (tertiary/aromatic N) is 1. The van der Waals surface area contributed by atoms with E-state index in [0.717, 1.165) is 19.4 Å². The smallest absolute Gasteiger partial charge is 0.213 e. The van der Waals surface area contributed by atoms with Gasteiger partial charge in [-0.15, -0.1) is 0 Å². The van der Waals surface area contributed by atoms with Gasteiger partial charge in [0.05, 0.1) is 12.7 Å². The summed E-state index contributed by atoms with van der Waals surface area (Å²) in [4.78, 5) is 10.3. The van der Waals surface area contributed by atoms with Crippen LogP contribution in [0, 0.1) is 10.1 Å². The molecule has 1 saturated heterocycles. The molecule has 1 fully saturated rings. The summed E-state index contributed by atoms with van der Waals surface area (Å²) in [7, 11) is 0. The summed E-state index contributed by atoms with van der Waals surface area (Å²) in [5, 5.41) is 10.5. The van der Waals surface area contributed by atoms with Gasteiger partial charge in [0.1, 0.15) is 0 Å². The van der Waals surface area contributed by atoms with Gasteiger partial charge < -0.3 is 4.74 Å². The van der Waals surface area contributed by atoms with Crippen molar-refractivity contribution in [1.29, 1.82) is 0 Å². The number of hydrogen-bond donors (Lipinski definition) is 0. The molecular formula is C8H15NO3. The maximum absolute atomic E-state index is 10.5. The fraction of sp³-hybridized carbons (Fsp3) is 1.00. The molecule has 4 heteroatoms. The first kappa shape index (κ1) is 9.45. The standard InChI is InChI=1S/C8H15NO3/c1-2-3-7(9(10)11)4-5-8-6-12-8/h7-8H,2-6H2,1H3. The summed E-state index contributed by atoms with van der Waals surface area (Å²) in [6.07, 6.45) is 3.43. The number of nitro groups is 1. The minimum Gasteiger partial charge on any atom is -0.373 e. The van der Waals surface area contributed by atoms with E-state index in [0.29, 0.717) is 18.9 Å². The average Bonchev–Trinajstić information content (AvgIpc) is 2.80. The quantitative estimate of drug-likeness (QED) is 0.348. The lowest BCUT2D eigenvalue weighted by Crippen LogP contribution is -2.19. The summed E-state index contributed by atoms with van der Waals surface area (Å²) in [5.74, 6) is 0. The zero-order chi connectivity index (χ0) is 8.97. The lowest BCUT2D eigenvalue weighted by Gasteiger charge is -2.06. The van der Waals surface area contributed by atoms with Crippen LogP contribution >= 0.6 is 0 Å². The zero-order valence-electron chi connectivity index (χ0n) is 7.36. The maximum atomic E-state index is 10.5. The Morgan fingerprint density at radius 1 is 1.67 bits per heavy atom. The highest BCUT2D eigenvalue weighted by molar-refractivity contribution is 4.71. The van der Waals surface area contributed by atoms with Gasteiger partial charge in [-0.1, -0.05) is 6.92 Å². The van der Waals surface area contributed by atoms with Crippen LogP contribution in [0.15, 0.2) is 0 Å². The van der Waals surface area contributed by atoms with E-state index in [2.05, 4.69) is 0 Å². The molecule has 1 aliphatic heterocycles. The van der Waals surface area contributed by atoms with E-state index in [9.17, 15) is 10.1 Å². The van der Waals surface area contributed by atoms with Gasteiger partial charge >= 0.3 is 0 Å². The lowest BCUT2D eigenvalue weighted by molar-refractivity contribution is -0.524. The first-order chi connectivity index (χ1) is 5.74. The van der Waals surface area contributed by atoms with Crippen LogP contribution < -0.4 is 0 Å². The Morgan fingerprint density at radius 3 is 2.75 bits per heavy atom. The molecule has 1 rings (SSSR count). The zero-order valence-corrected chi connectivity index (χ0v) is 7.36. The van der Waals surface area contributed by atoms with Crippen LogP contribution in [0.4, 0.5) is 0 Å². The number of rotatable bonds is 6. The second-order valence-electron chi connectivity index (χ2n) is 3.26. The Morgan fingerprint density at radius 2 is 2.33 bits per heavy atom. The Labute approximate surface area is 72.1 Å². The van der Waals surface area contributed by atoms with E-state index in [-0.39, 0.29) is 11.0 Å². The lowest BCUT2D eigenvalue weighted by atomic mass is 10.1. The molecule has 12 heavy (non-hydrogen) atoms. The van der Waals surface area contributed by atoms with E-state index in [1.807, 2.05) is 6.92 Å². The van der Waals surface area contributed by atoms with Gasteiger partial charge in [0.25, 0.3) is 0 Å². The van der Waals surface area contributed by atoms with Gasteiger partial charge in [-0.2, -0.15) is 0 Å². The molecule has 0 amide bonds. The highest BCUT2D eigenvalue weighted by Gasteiger charge is 2.27. The highest BCUT2D eigenvalue weighted by atomic mass is 16.6. The topological polar surface area (TPSA) is 55.7 Å². The van der Waals surface area contributed by atoms with Crippen molar-refractivity contribution in [3.8, 4) is 0 Å². The van der Waals surface area contributed by atoms with Crippen molar-refractivity contribution >= 4 is 0 Å². The van der Waals surface area contributed by atoms with Crippen molar-refractivity contribution in [1.82, 2.24) is 0 Å². The van der Waals surface area contributed by atoms with E-state index in [1.165, 1.54) is 0 Å². The van der Waals surface area contributed by atoms with Crippen molar-refractivity contribution in [2.45, 2.75) is 44.8 Å². The van der Waals surface area contributed by atoms with Crippen molar-refractivity contribution in [3.05, 3.63) is 10.1 Å². The van der Waals surface area contributed by atoms with Gasteiger partial charge in [0.2, 0.25) is 6.04 Å². The Balaban J connectivity index is 2.16. The van der Waals surface area contributed by atoms with E-state index >= 15 is 0 Å². The summed E-state index contributed by atoms with van der Waals surface area (Å²) in [6, 6.07) is -0.348. The highest BCUT2D eigenvalue weighted by Crippen LogP contribution is 2.19. The molecule has 0 aromatic carbocycles. The van der Waals surface area contributed by atoms with Crippen LogP contribution in [0.1, 0.15) is 32.6 Å². The third-order valence-electron chi connectivity index (χ3n) is 2.14. The average molecular weight is 173 g/mol. The van der Waals surface area contributed by atoms with Gasteiger partial charge in [0.15, 0.2) is 0 Å². The van der Waals surface area contributed by atoms with Crippen molar-refractivity contribution < 1.29 is 9.66 Å². The second kappa shape index (κ2) is 4.40. The molecule has 0 aliphatic carbocycles. The van der Waals surface area contributed by atoms with E-state index < -0.39 is 0 Å². The molecule has 70 valence electrons. The minimum atomic E-state index is -0.348. The van der Waals surface area contributed by atoms with E-state index in [1.54, 1.807) is 0 Å². The third kappa shape index (κ3) is 3.17. The Kier molecular flexibility index (Phi) is 3.47. The largest absolute Gasteiger partial charge is 0.373 e. The van der Waals surface area contributed by atoms with Crippen LogP contribution in [0.3, 0.4) is 0 Å². The summed E-state index contributed by atoms with van der Waals surface area (Å²) >= 11 is 0. The van der Waals surface area contributed by atoms with E-state index in [4.69, 9.17) is 4.74 Å². The fourth-order valence-corrected chi connectivity index (χ4v) is 1.30. The number of hydrogen-bond acceptors (Lipinski definition) is 3. The van der Waals surface area contributed by atoms with Gasteiger partial charge in [0, 0.05) is 17.8 Å². The van der Waals surface area contributed by atoms with Gasteiger partial charge in [-0.3, -0.25) is 10.1 Å². The minimum absolute atomic E-state index is 0.161. The summed E-state index contributed by atoms with van der Waals surface area (Å²) in [6.45, 7) is 2.78. The molecule has 0 bridgehead atoms. The van der Waals surface area contributed by atoms with Crippen LogP contribution in [-0.2, 0) is 4.74 Å². The Bertz CT molecular complexity index is 156. The van der Waals surface area contributed by atoms with Gasteiger partial charge in [-0.25, -0.2) is 0 Å². The molecule has 1 heterocycles. The Hall–Kier alpha value is -0.640. The van der Waals surface area contributed by atoms with Crippen molar-refractivity contribution in [2.75, 3.05) is 6.61 Å². The molecule has 2 unspecified atom stereocenters. The van der Waals surface area contributed by atoms with Crippen molar-refractivity contribution in [3.63, 3.8) is 0 Å². The molecular weight excluding hydrogens is 158 g/mol. The molecule has 0 aromatic heterocycles. The maximum Gasteiger partial charge on any atom is 0.213 e. The number of epoxide rings is 1. The normalized spacial score (nSPS) is 23.6. The first-order valence-electron chi connectivity index (χ1n) is 4.49. The molecule has 0 radical (unpaired) electrons. The summed E-state index contributed by atoms with van der Waals surface area (Å²) in [5.41, 5.74) is 0. The molecule has 0 saturated carbocycles. The van der Waals surface area contributed by atoms with Crippen LogP contribution in [0.5, 0.6) is 0 Å². The second-order valence-corrected chi connectivity index (χ2v) is 3.26. The molecule has 0 spiro atoms. The molecule has 4 nitrogen and oxygen atoms in total. The third-order valence-corrected chi connectivity index (χ3v) is 2.14. The molecule has 2 atom stereocenters. The fourth-order valence-electron chi connectivity index (χ4n) is 1.30. The first-order valence-corrected chi connectivity index (χ1v) is 4.49. The number of ether oxygens (including phenoxy) is 1. The molecule has 1 aliphatic rings. The predicted octanol–water partition coefficient (Wildman–Crippen LogP) is 1.61. The molecule has 0 N–H and O–H groups in total.